The Hall–Kier alpha value is -2.40. The average molecular weight is 358 g/mol. The first-order chi connectivity index (χ1) is 10.6. The number of amides is 1. The lowest BCUT2D eigenvalue weighted by Crippen LogP contribution is -2.25. The van der Waals surface area contributed by atoms with Gasteiger partial charge in [-0.25, -0.2) is 0 Å². The van der Waals surface area contributed by atoms with Crippen LogP contribution in [0.2, 0.25) is 0 Å². The third-order valence-electron chi connectivity index (χ3n) is 3.22. The fraction of sp³-hybridized carbons (Fsp3) is 0.0588. The first-order valence-electron chi connectivity index (χ1n) is 6.67. The number of rotatable bonds is 3. The fourth-order valence-corrected chi connectivity index (χ4v) is 2.53. The Morgan fingerprint density at radius 2 is 2.05 bits per heavy atom. The SMILES string of the molecule is O=C1COc2ccc(C(=O)C=Cc3ccccc3Br)cc2N1. The van der Waals surface area contributed by atoms with Gasteiger partial charge in [0, 0.05) is 10.0 Å². The molecule has 1 aliphatic rings. The fourth-order valence-electron chi connectivity index (χ4n) is 2.11. The maximum atomic E-state index is 12.2. The number of carbonyl (C=O) groups excluding carboxylic acids is 2. The van der Waals surface area contributed by atoms with E-state index in [0.29, 0.717) is 17.0 Å². The van der Waals surface area contributed by atoms with Gasteiger partial charge in [-0.05, 0) is 42.0 Å². The highest BCUT2D eigenvalue weighted by Gasteiger charge is 2.17. The minimum atomic E-state index is -0.221. The summed E-state index contributed by atoms with van der Waals surface area (Å²) in [5, 5.41) is 2.69. The first kappa shape index (κ1) is 14.5. The van der Waals surface area contributed by atoms with Crippen molar-refractivity contribution in [2.24, 2.45) is 0 Å². The van der Waals surface area contributed by atoms with Gasteiger partial charge in [0.2, 0.25) is 0 Å². The number of carbonyl (C=O) groups is 2. The second-order valence-corrected chi connectivity index (χ2v) is 5.62. The number of nitrogens with one attached hydrogen (secondary N) is 1. The lowest BCUT2D eigenvalue weighted by Gasteiger charge is -2.17. The van der Waals surface area contributed by atoms with Crippen LogP contribution in [0.1, 0.15) is 15.9 Å². The highest BCUT2D eigenvalue weighted by atomic mass is 79.9. The molecule has 0 aromatic heterocycles. The summed E-state index contributed by atoms with van der Waals surface area (Å²) in [6, 6.07) is 12.6. The molecule has 0 fully saturated rings. The number of ether oxygens (including phenoxy) is 1. The normalized spacial score (nSPS) is 13.4. The summed E-state index contributed by atoms with van der Waals surface area (Å²) in [7, 11) is 0. The number of anilines is 1. The van der Waals surface area contributed by atoms with E-state index in [1.54, 1.807) is 24.3 Å². The van der Waals surface area contributed by atoms with Crippen molar-refractivity contribution in [2.45, 2.75) is 0 Å². The Bertz CT molecular complexity index is 783. The Labute approximate surface area is 135 Å². The maximum Gasteiger partial charge on any atom is 0.262 e. The maximum absolute atomic E-state index is 12.2. The van der Waals surface area contributed by atoms with E-state index in [1.165, 1.54) is 6.08 Å². The number of hydrogen-bond donors (Lipinski definition) is 1. The van der Waals surface area contributed by atoms with Crippen molar-refractivity contribution >= 4 is 39.4 Å². The summed E-state index contributed by atoms with van der Waals surface area (Å²) in [5.74, 6) is 0.213. The molecule has 2 aromatic rings. The Kier molecular flexibility index (Phi) is 4.06. The van der Waals surface area contributed by atoms with Crippen LogP contribution in [0.3, 0.4) is 0 Å². The van der Waals surface area contributed by atoms with Crippen molar-refractivity contribution in [3.05, 3.63) is 64.1 Å². The third-order valence-corrected chi connectivity index (χ3v) is 3.94. The summed E-state index contributed by atoms with van der Waals surface area (Å²) in [6.45, 7) is 0.00221. The molecular weight excluding hydrogens is 346 g/mol. The Balaban J connectivity index is 1.82. The standard InChI is InChI=1S/C17H12BrNO3/c18-13-4-2-1-3-11(13)5-7-15(20)12-6-8-16-14(9-12)19-17(21)10-22-16/h1-9H,10H2,(H,19,21). The van der Waals surface area contributed by atoms with Gasteiger partial charge >= 0.3 is 0 Å². The van der Waals surface area contributed by atoms with E-state index in [1.807, 2.05) is 24.3 Å². The van der Waals surface area contributed by atoms with E-state index in [0.717, 1.165) is 10.0 Å². The summed E-state index contributed by atoms with van der Waals surface area (Å²) in [5.41, 5.74) is 1.94. The number of allylic oxidation sites excluding steroid dienone is 1. The summed E-state index contributed by atoms with van der Waals surface area (Å²) in [6.07, 6.45) is 3.26. The number of halogens is 1. The van der Waals surface area contributed by atoms with Crippen LogP contribution < -0.4 is 10.1 Å². The molecule has 1 amide bonds. The largest absolute Gasteiger partial charge is 0.482 e. The third kappa shape index (κ3) is 3.09. The molecule has 110 valence electrons. The summed E-state index contributed by atoms with van der Waals surface area (Å²) >= 11 is 3.43. The molecule has 5 heteroatoms. The zero-order valence-electron chi connectivity index (χ0n) is 11.5. The predicted molar refractivity (Wildman–Crippen MR) is 88.1 cm³/mol. The topological polar surface area (TPSA) is 55.4 Å². The van der Waals surface area contributed by atoms with E-state index in [9.17, 15) is 9.59 Å². The van der Waals surface area contributed by atoms with Crippen LogP contribution in [-0.2, 0) is 4.79 Å². The van der Waals surface area contributed by atoms with E-state index < -0.39 is 0 Å². The highest BCUT2D eigenvalue weighted by Crippen LogP contribution is 2.28. The minimum Gasteiger partial charge on any atom is -0.482 e. The van der Waals surface area contributed by atoms with Gasteiger partial charge in [0.1, 0.15) is 5.75 Å². The molecule has 4 nitrogen and oxygen atoms in total. The van der Waals surface area contributed by atoms with Crippen LogP contribution in [-0.4, -0.2) is 18.3 Å². The van der Waals surface area contributed by atoms with Crippen molar-refractivity contribution in [3.63, 3.8) is 0 Å². The molecule has 22 heavy (non-hydrogen) atoms. The van der Waals surface area contributed by atoms with Crippen molar-refractivity contribution in [2.75, 3.05) is 11.9 Å². The lowest BCUT2D eigenvalue weighted by molar-refractivity contribution is -0.118. The van der Waals surface area contributed by atoms with Gasteiger partial charge in [-0.2, -0.15) is 0 Å². The molecule has 3 rings (SSSR count). The molecule has 1 N–H and O–H groups in total. The molecule has 1 heterocycles. The van der Waals surface area contributed by atoms with E-state index >= 15 is 0 Å². The van der Waals surface area contributed by atoms with Crippen molar-refractivity contribution < 1.29 is 14.3 Å². The van der Waals surface area contributed by atoms with Gasteiger partial charge in [-0.3, -0.25) is 9.59 Å². The van der Waals surface area contributed by atoms with E-state index in [4.69, 9.17) is 4.74 Å². The molecule has 0 radical (unpaired) electrons. The van der Waals surface area contributed by atoms with Gasteiger partial charge in [0.05, 0.1) is 5.69 Å². The van der Waals surface area contributed by atoms with Gasteiger partial charge in [0.15, 0.2) is 12.4 Å². The Morgan fingerprint density at radius 3 is 2.86 bits per heavy atom. The van der Waals surface area contributed by atoms with Crippen LogP contribution in [0.25, 0.3) is 6.08 Å². The zero-order chi connectivity index (χ0) is 15.5. The summed E-state index contributed by atoms with van der Waals surface area (Å²) < 4.78 is 6.19. The zero-order valence-corrected chi connectivity index (χ0v) is 13.1. The van der Waals surface area contributed by atoms with Gasteiger partial charge in [-0.1, -0.05) is 34.1 Å². The molecule has 0 aliphatic carbocycles. The van der Waals surface area contributed by atoms with Crippen molar-refractivity contribution in [1.82, 2.24) is 0 Å². The second kappa shape index (κ2) is 6.15. The van der Waals surface area contributed by atoms with E-state index in [2.05, 4.69) is 21.2 Å². The highest BCUT2D eigenvalue weighted by molar-refractivity contribution is 9.10. The number of benzene rings is 2. The smallest absolute Gasteiger partial charge is 0.262 e. The molecule has 0 atom stereocenters. The predicted octanol–water partition coefficient (Wildman–Crippen LogP) is 3.68. The van der Waals surface area contributed by atoms with Crippen LogP contribution in [0.15, 0.2) is 53.0 Å². The second-order valence-electron chi connectivity index (χ2n) is 4.77. The summed E-state index contributed by atoms with van der Waals surface area (Å²) in [4.78, 5) is 23.6. The molecule has 1 aliphatic heterocycles. The molecular formula is C17H12BrNO3. The van der Waals surface area contributed by atoms with Gasteiger partial charge in [-0.15, -0.1) is 0 Å². The molecule has 0 saturated heterocycles. The molecule has 0 spiro atoms. The van der Waals surface area contributed by atoms with Crippen molar-refractivity contribution in [1.29, 1.82) is 0 Å². The molecule has 0 bridgehead atoms. The van der Waals surface area contributed by atoms with Crippen LogP contribution in [0, 0.1) is 0 Å². The van der Waals surface area contributed by atoms with Crippen LogP contribution in [0.4, 0.5) is 5.69 Å². The van der Waals surface area contributed by atoms with Crippen LogP contribution in [0.5, 0.6) is 5.75 Å². The minimum absolute atomic E-state index is 0.00221. The monoisotopic (exact) mass is 357 g/mol. The number of fused-ring (bicyclic) bond motifs is 1. The number of hydrogen-bond acceptors (Lipinski definition) is 3. The van der Waals surface area contributed by atoms with Gasteiger partial charge < -0.3 is 10.1 Å². The molecule has 0 unspecified atom stereocenters. The van der Waals surface area contributed by atoms with Crippen molar-refractivity contribution in [3.8, 4) is 5.75 Å². The molecule has 0 saturated carbocycles. The van der Waals surface area contributed by atoms with Gasteiger partial charge in [0.25, 0.3) is 5.91 Å². The van der Waals surface area contributed by atoms with Crippen LogP contribution >= 0.6 is 15.9 Å². The Morgan fingerprint density at radius 1 is 1.23 bits per heavy atom. The average Bonchev–Trinajstić information content (AvgIpc) is 2.53. The first-order valence-corrected chi connectivity index (χ1v) is 7.46. The molecule has 2 aromatic carbocycles. The number of ketones is 1. The quantitative estimate of drug-likeness (QED) is 0.673. The lowest BCUT2D eigenvalue weighted by atomic mass is 10.1. The van der Waals surface area contributed by atoms with E-state index in [-0.39, 0.29) is 18.3 Å².